The average molecular weight is 388 g/mol. The van der Waals surface area contributed by atoms with Crippen LogP contribution in [0.3, 0.4) is 0 Å². The maximum absolute atomic E-state index is 12.5. The van der Waals surface area contributed by atoms with E-state index in [1.807, 2.05) is 18.0 Å². The molecule has 0 N–H and O–H groups in total. The van der Waals surface area contributed by atoms with E-state index in [2.05, 4.69) is 20.9 Å². The van der Waals surface area contributed by atoms with Crippen molar-refractivity contribution in [1.29, 1.82) is 0 Å². The molecule has 8 heteroatoms. The van der Waals surface area contributed by atoms with Crippen LogP contribution >= 0.6 is 23.1 Å². The van der Waals surface area contributed by atoms with Crippen LogP contribution in [0.4, 0.5) is 0 Å². The average Bonchev–Trinajstić information content (AvgIpc) is 3.33. The minimum atomic E-state index is 0.0422. The first kappa shape index (κ1) is 16.5. The summed E-state index contributed by atoms with van der Waals surface area (Å²) in [5.74, 6) is 2.02. The number of hydrogen-bond donors (Lipinski definition) is 0. The van der Waals surface area contributed by atoms with E-state index >= 15 is 0 Å². The van der Waals surface area contributed by atoms with Crippen LogP contribution in [-0.2, 0) is 25.3 Å². The third-order valence-corrected chi connectivity index (χ3v) is 7.07. The Balaban J connectivity index is 1.34. The first-order chi connectivity index (χ1) is 12.8. The molecule has 0 bridgehead atoms. The molecule has 136 valence electrons. The quantitative estimate of drug-likeness (QED) is 0.688. The van der Waals surface area contributed by atoms with E-state index in [9.17, 15) is 4.79 Å². The number of fused-ring (bicyclic) bond motifs is 2. The van der Waals surface area contributed by atoms with Crippen molar-refractivity contribution in [3.8, 4) is 0 Å². The van der Waals surface area contributed by atoms with Gasteiger partial charge in [-0.05, 0) is 30.7 Å². The molecule has 0 amide bonds. The first-order valence-electron chi connectivity index (χ1n) is 9.09. The minimum absolute atomic E-state index is 0.0422. The van der Waals surface area contributed by atoms with Crippen molar-refractivity contribution in [3.63, 3.8) is 0 Å². The van der Waals surface area contributed by atoms with E-state index in [0.717, 1.165) is 59.3 Å². The molecule has 3 aromatic heterocycles. The second kappa shape index (κ2) is 6.83. The summed E-state index contributed by atoms with van der Waals surface area (Å²) in [7, 11) is 0. The van der Waals surface area contributed by atoms with Crippen LogP contribution in [0.15, 0.2) is 28.6 Å². The van der Waals surface area contributed by atoms with Crippen LogP contribution in [-0.4, -0.2) is 42.4 Å². The van der Waals surface area contributed by atoms with Crippen LogP contribution in [0, 0.1) is 0 Å². The topological polar surface area (TPSA) is 55.4 Å². The van der Waals surface area contributed by atoms with E-state index in [4.69, 9.17) is 10.1 Å². The molecule has 5 heterocycles. The number of imidazole rings is 1. The summed E-state index contributed by atoms with van der Waals surface area (Å²) in [6.45, 7) is 2.59. The second-order valence-corrected chi connectivity index (χ2v) is 9.01. The van der Waals surface area contributed by atoms with E-state index in [1.54, 1.807) is 22.1 Å². The fraction of sp³-hybridized carbons (Fsp3) is 0.500. The number of nitrogens with zero attached hydrogens (tertiary/aromatic N) is 5. The molecule has 1 fully saturated rings. The van der Waals surface area contributed by atoms with E-state index in [-0.39, 0.29) is 5.56 Å². The van der Waals surface area contributed by atoms with E-state index in [0.29, 0.717) is 12.6 Å². The van der Waals surface area contributed by atoms with Gasteiger partial charge in [-0.2, -0.15) is 16.9 Å². The van der Waals surface area contributed by atoms with Crippen LogP contribution in [0.1, 0.15) is 29.8 Å². The van der Waals surface area contributed by atoms with Gasteiger partial charge in [0.1, 0.15) is 0 Å². The van der Waals surface area contributed by atoms with Gasteiger partial charge < -0.3 is 0 Å². The Hall–Kier alpha value is -1.64. The summed E-state index contributed by atoms with van der Waals surface area (Å²) < 4.78 is 3.78. The van der Waals surface area contributed by atoms with Crippen molar-refractivity contribution in [3.05, 3.63) is 51.1 Å². The van der Waals surface area contributed by atoms with Crippen LogP contribution in [0.5, 0.6) is 0 Å². The van der Waals surface area contributed by atoms with Crippen molar-refractivity contribution in [2.45, 2.75) is 44.1 Å². The molecule has 0 spiro atoms. The van der Waals surface area contributed by atoms with Crippen LogP contribution in [0.2, 0.25) is 0 Å². The van der Waals surface area contributed by atoms with E-state index < -0.39 is 0 Å². The largest absolute Gasteiger partial charge is 0.297 e. The van der Waals surface area contributed by atoms with Gasteiger partial charge >= 0.3 is 0 Å². The molecule has 2 aliphatic heterocycles. The lowest BCUT2D eigenvalue weighted by Crippen LogP contribution is -2.37. The highest BCUT2D eigenvalue weighted by Crippen LogP contribution is 2.23. The van der Waals surface area contributed by atoms with Crippen LogP contribution in [0.25, 0.3) is 4.96 Å². The zero-order valence-electron chi connectivity index (χ0n) is 14.5. The maximum atomic E-state index is 12.5. The fourth-order valence-corrected chi connectivity index (χ4v) is 5.62. The zero-order chi connectivity index (χ0) is 17.5. The molecule has 6 nitrogen and oxygen atoms in total. The van der Waals surface area contributed by atoms with Crippen molar-refractivity contribution >= 4 is 28.1 Å². The number of thioether (sulfide) groups is 1. The third kappa shape index (κ3) is 3.10. The number of aryl methyl sites for hydroxylation is 1. The molecular formula is C18H21N5OS2. The summed E-state index contributed by atoms with van der Waals surface area (Å²) in [6.07, 6.45) is 7.42. The smallest absolute Gasteiger partial charge is 0.267 e. The lowest BCUT2D eigenvalue weighted by Gasteiger charge is -2.24. The Morgan fingerprint density at radius 3 is 3.23 bits per heavy atom. The highest BCUT2D eigenvalue weighted by molar-refractivity contribution is 7.98. The highest BCUT2D eigenvalue weighted by Gasteiger charge is 2.27. The Bertz CT molecular complexity index is 963. The minimum Gasteiger partial charge on any atom is -0.297 e. The van der Waals surface area contributed by atoms with Gasteiger partial charge in [-0.15, -0.1) is 11.3 Å². The first-order valence-corrected chi connectivity index (χ1v) is 11.1. The Morgan fingerprint density at radius 2 is 2.31 bits per heavy atom. The Kier molecular flexibility index (Phi) is 4.34. The third-order valence-electron chi connectivity index (χ3n) is 5.30. The number of thiazole rings is 1. The van der Waals surface area contributed by atoms with Gasteiger partial charge in [0.05, 0.1) is 17.9 Å². The van der Waals surface area contributed by atoms with Crippen LogP contribution < -0.4 is 5.56 Å². The predicted octanol–water partition coefficient (Wildman–Crippen LogP) is 2.41. The van der Waals surface area contributed by atoms with Gasteiger partial charge in [0.15, 0.2) is 4.96 Å². The summed E-state index contributed by atoms with van der Waals surface area (Å²) in [4.78, 5) is 20.7. The summed E-state index contributed by atoms with van der Waals surface area (Å²) in [6, 6.07) is 2.16. The van der Waals surface area contributed by atoms with Gasteiger partial charge in [0.25, 0.3) is 5.56 Å². The molecular weight excluding hydrogens is 366 g/mol. The number of rotatable bonds is 4. The van der Waals surface area contributed by atoms with E-state index in [1.165, 1.54) is 6.42 Å². The molecule has 1 saturated heterocycles. The normalized spacial score (nSPS) is 20.7. The Morgan fingerprint density at radius 1 is 1.35 bits per heavy atom. The maximum Gasteiger partial charge on any atom is 0.267 e. The van der Waals surface area contributed by atoms with Gasteiger partial charge in [0.2, 0.25) is 0 Å². The molecule has 0 saturated carbocycles. The standard InChI is InChI=1S/C18H21N5OS2/c24-17-8-13-12-25-6-3-16(13)20-23(17)11-15-2-1-4-21(15)9-14-10-22-5-7-26-18(22)19-14/h5,7-8,10,15H,1-4,6,9,11-12H2. The predicted molar refractivity (Wildman–Crippen MR) is 105 cm³/mol. The van der Waals surface area contributed by atoms with Gasteiger partial charge in [0, 0.05) is 48.6 Å². The molecule has 2 aliphatic rings. The molecule has 0 radical (unpaired) electrons. The molecule has 0 aliphatic carbocycles. The summed E-state index contributed by atoms with van der Waals surface area (Å²) >= 11 is 3.55. The summed E-state index contributed by atoms with van der Waals surface area (Å²) in [5, 5.41) is 6.74. The van der Waals surface area contributed by atoms with Gasteiger partial charge in [-0.3, -0.25) is 14.1 Å². The van der Waals surface area contributed by atoms with Gasteiger partial charge in [-0.1, -0.05) is 0 Å². The van der Waals surface area contributed by atoms with Crippen molar-refractivity contribution in [2.75, 3.05) is 12.3 Å². The number of aromatic nitrogens is 4. The number of likely N-dealkylation sites (tertiary alicyclic amines) is 1. The number of hydrogen-bond acceptors (Lipinski definition) is 6. The molecule has 3 aromatic rings. The van der Waals surface area contributed by atoms with Gasteiger partial charge in [-0.25, -0.2) is 9.67 Å². The monoisotopic (exact) mass is 387 g/mol. The van der Waals surface area contributed by atoms with Crippen molar-refractivity contribution in [2.24, 2.45) is 0 Å². The molecule has 26 heavy (non-hydrogen) atoms. The SMILES string of the molecule is O=c1cc2c(nn1CC1CCCN1Cc1cn3ccsc3n1)CCSC2. The zero-order valence-corrected chi connectivity index (χ0v) is 16.1. The highest BCUT2D eigenvalue weighted by atomic mass is 32.2. The lowest BCUT2D eigenvalue weighted by molar-refractivity contribution is 0.214. The molecule has 5 rings (SSSR count). The molecule has 1 unspecified atom stereocenters. The van der Waals surface area contributed by atoms with Crippen molar-refractivity contribution in [1.82, 2.24) is 24.1 Å². The molecule has 1 atom stereocenters. The second-order valence-electron chi connectivity index (χ2n) is 7.03. The fourth-order valence-electron chi connectivity index (χ4n) is 3.95. The van der Waals surface area contributed by atoms with Crippen molar-refractivity contribution < 1.29 is 0 Å². The lowest BCUT2D eigenvalue weighted by atomic mass is 10.2. The summed E-state index contributed by atoms with van der Waals surface area (Å²) in [5.41, 5.74) is 3.39. The Labute approximate surface area is 159 Å². The molecule has 0 aromatic carbocycles.